The first kappa shape index (κ1) is 22.3. The van der Waals surface area contributed by atoms with Gasteiger partial charge in [0.15, 0.2) is 5.78 Å². The molecule has 1 fully saturated rings. The summed E-state index contributed by atoms with van der Waals surface area (Å²) >= 11 is 0. The number of nitrogens with zero attached hydrogens (tertiary/aromatic N) is 1. The summed E-state index contributed by atoms with van der Waals surface area (Å²) in [5, 5.41) is 2.68. The van der Waals surface area contributed by atoms with E-state index in [1.54, 1.807) is 0 Å². The third-order valence-corrected chi connectivity index (χ3v) is 6.90. The summed E-state index contributed by atoms with van der Waals surface area (Å²) in [4.78, 5) is 12.6. The monoisotopic (exact) mass is 440 g/mol. The summed E-state index contributed by atoms with van der Waals surface area (Å²) in [6.45, 7) is 0.656. The molecule has 1 aliphatic heterocycles. The van der Waals surface area contributed by atoms with E-state index in [1.165, 1.54) is 40.7 Å². The molecule has 0 aliphatic carbocycles. The number of nitrogens with one attached hydrogen (secondary N) is 1. The number of ketones is 1. The number of carbonyl (C=O) groups is 1. The molecule has 9 heteroatoms. The van der Waals surface area contributed by atoms with Gasteiger partial charge in [0.2, 0.25) is 10.0 Å². The molecule has 0 amide bonds. The van der Waals surface area contributed by atoms with Crippen LogP contribution in [0.15, 0.2) is 53.4 Å². The maximum Gasteiger partial charge on any atom is 0.416 e. The molecule has 5 nitrogen and oxygen atoms in total. The number of anilines is 1. The van der Waals surface area contributed by atoms with E-state index in [-0.39, 0.29) is 22.7 Å². The molecule has 1 N–H and O–H groups in total. The summed E-state index contributed by atoms with van der Waals surface area (Å²) in [6, 6.07) is 10.3. The second kappa shape index (κ2) is 9.18. The molecule has 2 aromatic rings. The Morgan fingerprint density at radius 1 is 0.967 bits per heavy atom. The van der Waals surface area contributed by atoms with Crippen LogP contribution in [0.1, 0.15) is 41.6 Å². The van der Waals surface area contributed by atoms with E-state index in [1.807, 2.05) is 0 Å². The van der Waals surface area contributed by atoms with Gasteiger partial charge in [-0.05, 0) is 43.2 Å². The highest BCUT2D eigenvalue weighted by Crippen LogP contribution is 2.30. The van der Waals surface area contributed by atoms with Crippen LogP contribution in [0.4, 0.5) is 18.9 Å². The fourth-order valence-corrected chi connectivity index (χ4v) is 4.91. The lowest BCUT2D eigenvalue weighted by atomic mass is 10.1. The minimum Gasteiger partial charge on any atom is -0.378 e. The summed E-state index contributed by atoms with van der Waals surface area (Å²) in [5.41, 5.74) is -0.470. The average Bonchev–Trinajstić information content (AvgIpc) is 3.02. The van der Waals surface area contributed by atoms with Crippen molar-refractivity contribution in [1.29, 1.82) is 0 Å². The van der Waals surface area contributed by atoms with Crippen LogP contribution in [-0.4, -0.2) is 38.1 Å². The molecular formula is C21H23F3N2O3S. The number of rotatable bonds is 6. The van der Waals surface area contributed by atoms with Crippen molar-refractivity contribution < 1.29 is 26.4 Å². The van der Waals surface area contributed by atoms with Gasteiger partial charge in [-0.25, -0.2) is 8.42 Å². The number of alkyl halides is 3. The lowest BCUT2D eigenvalue weighted by Gasteiger charge is -2.20. The third-order valence-electron chi connectivity index (χ3n) is 5.00. The van der Waals surface area contributed by atoms with Crippen LogP contribution in [0.5, 0.6) is 0 Å². The Balaban J connectivity index is 1.72. The van der Waals surface area contributed by atoms with Crippen molar-refractivity contribution in [2.24, 2.45) is 0 Å². The number of benzene rings is 2. The van der Waals surface area contributed by atoms with Crippen LogP contribution in [0.3, 0.4) is 0 Å². The summed E-state index contributed by atoms with van der Waals surface area (Å²) in [7, 11) is -3.69. The molecule has 1 heterocycles. The van der Waals surface area contributed by atoms with Crippen molar-refractivity contribution >= 4 is 21.5 Å². The zero-order valence-electron chi connectivity index (χ0n) is 16.3. The van der Waals surface area contributed by atoms with Crippen LogP contribution in [0.25, 0.3) is 0 Å². The molecule has 2 aromatic carbocycles. The molecule has 0 radical (unpaired) electrons. The van der Waals surface area contributed by atoms with Gasteiger partial charge in [0.05, 0.1) is 17.0 Å². The molecular weight excluding hydrogens is 417 g/mol. The van der Waals surface area contributed by atoms with Crippen LogP contribution < -0.4 is 5.32 Å². The number of sulfonamides is 1. The Bertz CT molecular complexity index is 999. The molecule has 0 bridgehead atoms. The molecule has 3 rings (SSSR count). The van der Waals surface area contributed by atoms with Gasteiger partial charge in [-0.3, -0.25) is 4.79 Å². The molecule has 1 aliphatic rings. The predicted molar refractivity (Wildman–Crippen MR) is 108 cm³/mol. The molecule has 30 heavy (non-hydrogen) atoms. The van der Waals surface area contributed by atoms with Gasteiger partial charge >= 0.3 is 6.18 Å². The maximum atomic E-state index is 12.9. The van der Waals surface area contributed by atoms with Crippen LogP contribution >= 0.6 is 0 Å². The van der Waals surface area contributed by atoms with Crippen molar-refractivity contribution in [1.82, 2.24) is 4.31 Å². The van der Waals surface area contributed by atoms with Crippen LogP contribution in [-0.2, 0) is 16.2 Å². The molecule has 1 saturated heterocycles. The normalized spacial score (nSPS) is 16.1. The zero-order chi connectivity index (χ0) is 21.8. The number of hydrogen-bond acceptors (Lipinski definition) is 4. The Morgan fingerprint density at radius 3 is 2.30 bits per heavy atom. The van der Waals surface area contributed by atoms with E-state index < -0.39 is 27.5 Å². The number of hydrogen-bond donors (Lipinski definition) is 1. The molecule has 0 atom stereocenters. The summed E-state index contributed by atoms with van der Waals surface area (Å²) in [5.74, 6) is -0.416. The van der Waals surface area contributed by atoms with Gasteiger partial charge < -0.3 is 5.32 Å². The summed E-state index contributed by atoms with van der Waals surface area (Å²) < 4.78 is 65.7. The van der Waals surface area contributed by atoms with Crippen molar-refractivity contribution in [3.63, 3.8) is 0 Å². The third kappa shape index (κ3) is 5.40. The van der Waals surface area contributed by atoms with Gasteiger partial charge in [0, 0.05) is 24.3 Å². The molecule has 0 saturated carbocycles. The Morgan fingerprint density at radius 2 is 1.63 bits per heavy atom. The zero-order valence-corrected chi connectivity index (χ0v) is 17.1. The molecule has 0 aromatic heterocycles. The van der Waals surface area contributed by atoms with Crippen LogP contribution in [0.2, 0.25) is 0 Å². The van der Waals surface area contributed by atoms with E-state index in [0.29, 0.717) is 13.1 Å². The highest BCUT2D eigenvalue weighted by Gasteiger charge is 2.30. The van der Waals surface area contributed by atoms with E-state index in [4.69, 9.17) is 0 Å². The minimum atomic E-state index is -4.47. The Labute approximate surface area is 173 Å². The highest BCUT2D eigenvalue weighted by atomic mass is 32.2. The van der Waals surface area contributed by atoms with Gasteiger partial charge in [-0.2, -0.15) is 17.5 Å². The predicted octanol–water partition coefficient (Wildman–Crippen LogP) is 4.56. The highest BCUT2D eigenvalue weighted by molar-refractivity contribution is 7.89. The first-order chi connectivity index (χ1) is 14.2. The van der Waals surface area contributed by atoms with Crippen LogP contribution in [0, 0.1) is 0 Å². The molecule has 0 unspecified atom stereocenters. The van der Waals surface area contributed by atoms with Crippen molar-refractivity contribution in [2.75, 3.05) is 25.0 Å². The first-order valence-corrected chi connectivity index (χ1v) is 11.2. The van der Waals surface area contributed by atoms with Crippen molar-refractivity contribution in [3.8, 4) is 0 Å². The topological polar surface area (TPSA) is 66.5 Å². The number of Topliss-reactive ketones (excluding diaryl/α,β-unsaturated/α-hetero) is 1. The van der Waals surface area contributed by atoms with Crippen molar-refractivity contribution in [2.45, 2.75) is 36.8 Å². The number of carbonyl (C=O) groups excluding carboxylic acids is 1. The van der Waals surface area contributed by atoms with E-state index in [2.05, 4.69) is 5.32 Å². The van der Waals surface area contributed by atoms with Gasteiger partial charge in [-0.15, -0.1) is 0 Å². The van der Waals surface area contributed by atoms with E-state index in [0.717, 1.165) is 37.8 Å². The lowest BCUT2D eigenvalue weighted by molar-refractivity contribution is -0.137. The second-order valence-electron chi connectivity index (χ2n) is 7.20. The quantitative estimate of drug-likeness (QED) is 0.669. The fourth-order valence-electron chi connectivity index (χ4n) is 3.35. The maximum absolute atomic E-state index is 12.9. The Kier molecular flexibility index (Phi) is 6.82. The smallest absolute Gasteiger partial charge is 0.378 e. The lowest BCUT2D eigenvalue weighted by Crippen LogP contribution is -2.32. The largest absolute Gasteiger partial charge is 0.416 e. The molecule has 0 spiro atoms. The van der Waals surface area contributed by atoms with E-state index in [9.17, 15) is 26.4 Å². The standard InChI is InChI=1S/C21H23F3N2O3S/c22-21(23,24)17-8-6-9-18(14-17)25-15-20(27)16-7-5-10-19(13-16)30(28,29)26-11-3-1-2-4-12-26/h5-10,13-14,25H,1-4,11-12,15H2. The van der Waals surface area contributed by atoms with Gasteiger partial charge in [-0.1, -0.05) is 31.0 Å². The SMILES string of the molecule is O=C(CNc1cccc(C(F)(F)F)c1)c1cccc(S(=O)(=O)N2CCCCCC2)c1. The second-order valence-corrected chi connectivity index (χ2v) is 9.14. The van der Waals surface area contributed by atoms with Crippen molar-refractivity contribution in [3.05, 3.63) is 59.7 Å². The molecule has 162 valence electrons. The average molecular weight is 440 g/mol. The fraction of sp³-hybridized carbons (Fsp3) is 0.381. The van der Waals surface area contributed by atoms with Gasteiger partial charge in [0.1, 0.15) is 0 Å². The minimum absolute atomic E-state index is 0.0503. The van der Waals surface area contributed by atoms with Gasteiger partial charge in [0.25, 0.3) is 0 Å². The first-order valence-electron chi connectivity index (χ1n) is 9.72. The number of halogens is 3. The summed E-state index contributed by atoms with van der Waals surface area (Å²) in [6.07, 6.45) is -0.882. The Hall–Kier alpha value is -2.39. The van der Waals surface area contributed by atoms with E-state index >= 15 is 0 Å².